The van der Waals surface area contributed by atoms with Gasteiger partial charge in [0.25, 0.3) is 5.91 Å². The minimum atomic E-state index is -0.775. The summed E-state index contributed by atoms with van der Waals surface area (Å²) in [5.41, 5.74) is 1.44. The summed E-state index contributed by atoms with van der Waals surface area (Å²) in [5, 5.41) is 2.67. The summed E-state index contributed by atoms with van der Waals surface area (Å²) in [7, 11) is 1.98. The Balaban J connectivity index is 2.38. The first-order valence-corrected chi connectivity index (χ1v) is 9.47. The molecule has 0 fully saturated rings. The fourth-order valence-corrected chi connectivity index (χ4v) is 2.53. The van der Waals surface area contributed by atoms with Crippen molar-refractivity contribution in [2.24, 2.45) is 10.4 Å². The molecule has 0 unspecified atom stereocenters. The molecule has 2 rings (SSSR count). The summed E-state index contributed by atoms with van der Waals surface area (Å²) in [6, 6.07) is 13.8. The van der Waals surface area contributed by atoms with E-state index in [0.29, 0.717) is 23.2 Å². The maximum atomic E-state index is 12.9. The molecular weight excluding hydrogens is 366 g/mol. The molecular formula is C23H27N3O3. The molecule has 0 aliphatic heterocycles. The average molecular weight is 393 g/mol. The van der Waals surface area contributed by atoms with Crippen LogP contribution in [0, 0.1) is 5.41 Å². The number of hydrogen-bond donors (Lipinski definition) is 1. The first-order chi connectivity index (χ1) is 13.7. The largest absolute Gasteiger partial charge is 0.375 e. The zero-order chi connectivity index (χ0) is 21.6. The first-order valence-electron chi connectivity index (χ1n) is 9.47. The van der Waals surface area contributed by atoms with E-state index in [1.54, 1.807) is 57.2 Å². The monoisotopic (exact) mass is 393 g/mol. The Morgan fingerprint density at radius 2 is 1.76 bits per heavy atom. The van der Waals surface area contributed by atoms with E-state index in [1.165, 1.54) is 0 Å². The van der Waals surface area contributed by atoms with Crippen molar-refractivity contribution in [1.82, 2.24) is 0 Å². The van der Waals surface area contributed by atoms with E-state index in [2.05, 4.69) is 22.1 Å². The summed E-state index contributed by atoms with van der Waals surface area (Å²) in [4.78, 5) is 43.1. The van der Waals surface area contributed by atoms with Gasteiger partial charge in [-0.1, -0.05) is 32.9 Å². The number of nitrogens with zero attached hydrogens (tertiary/aromatic N) is 2. The van der Waals surface area contributed by atoms with Crippen molar-refractivity contribution in [3.63, 3.8) is 0 Å². The van der Waals surface area contributed by atoms with Gasteiger partial charge in [0, 0.05) is 35.9 Å². The van der Waals surface area contributed by atoms with Crippen molar-refractivity contribution < 1.29 is 14.4 Å². The number of benzene rings is 2. The molecule has 0 radical (unpaired) electrons. The second kappa shape index (κ2) is 9.28. The highest BCUT2D eigenvalue weighted by molar-refractivity contribution is 6.68. The second-order valence-corrected chi connectivity index (χ2v) is 7.77. The molecule has 1 N–H and O–H groups in total. The van der Waals surface area contributed by atoms with E-state index in [4.69, 9.17) is 0 Å². The van der Waals surface area contributed by atoms with Gasteiger partial charge in [0.1, 0.15) is 6.29 Å². The molecule has 0 bridgehead atoms. The zero-order valence-electron chi connectivity index (χ0n) is 17.5. The lowest BCUT2D eigenvalue weighted by molar-refractivity contribution is -0.121. The zero-order valence-corrected chi connectivity index (χ0v) is 17.5. The van der Waals surface area contributed by atoms with Gasteiger partial charge >= 0.3 is 0 Å². The Hall–Kier alpha value is -3.28. The summed E-state index contributed by atoms with van der Waals surface area (Å²) in [6.45, 7) is 8.13. The third-order valence-electron chi connectivity index (χ3n) is 4.40. The molecule has 0 saturated carbocycles. The van der Waals surface area contributed by atoms with Crippen molar-refractivity contribution in [2.75, 3.05) is 23.8 Å². The number of anilines is 2. The lowest BCUT2D eigenvalue weighted by Gasteiger charge is -2.18. The van der Waals surface area contributed by atoms with Gasteiger partial charge < -0.3 is 10.2 Å². The molecule has 2 aromatic rings. The fraction of sp³-hybridized carbons (Fsp3) is 0.304. The highest BCUT2D eigenvalue weighted by Crippen LogP contribution is 2.22. The minimum absolute atomic E-state index is 0.175. The van der Waals surface area contributed by atoms with E-state index in [1.807, 2.05) is 19.2 Å². The maximum Gasteiger partial charge on any atom is 0.278 e. The van der Waals surface area contributed by atoms with E-state index in [-0.39, 0.29) is 11.5 Å². The molecule has 0 heterocycles. The molecule has 6 heteroatoms. The van der Waals surface area contributed by atoms with Crippen LogP contribution in [0.4, 0.5) is 17.1 Å². The van der Waals surface area contributed by atoms with Gasteiger partial charge in [-0.3, -0.25) is 14.4 Å². The molecule has 2 aromatic carbocycles. The third kappa shape index (κ3) is 5.85. The standard InChI is InChI=1S/C23H27N3O3/c1-6-26(5)19-12-10-17(11-13-19)24-20(21(28)23(2,3)4)22(29)25-18-9-7-8-16(14-18)15-27/h7-15H,6H2,1-5H3,(H,25,29). The Kier molecular flexibility index (Phi) is 7.04. The molecule has 1 amide bonds. The van der Waals surface area contributed by atoms with Gasteiger partial charge in [-0.15, -0.1) is 0 Å². The number of aldehydes is 1. The van der Waals surface area contributed by atoms with Crippen molar-refractivity contribution in [1.29, 1.82) is 0 Å². The van der Waals surface area contributed by atoms with Crippen LogP contribution in [0.3, 0.4) is 0 Å². The number of hydrogen-bond acceptors (Lipinski definition) is 5. The number of carbonyl (C=O) groups is 3. The molecule has 152 valence electrons. The average Bonchev–Trinajstić information content (AvgIpc) is 2.70. The SMILES string of the molecule is CCN(C)c1ccc(N=C(C(=O)Nc2cccc(C=O)c2)C(=O)C(C)(C)C)cc1. The van der Waals surface area contributed by atoms with Gasteiger partial charge in [-0.25, -0.2) is 4.99 Å². The minimum Gasteiger partial charge on any atom is -0.375 e. The van der Waals surface area contributed by atoms with Crippen molar-refractivity contribution in [2.45, 2.75) is 27.7 Å². The van der Waals surface area contributed by atoms with E-state index >= 15 is 0 Å². The number of rotatable bonds is 7. The predicted molar refractivity (Wildman–Crippen MR) is 117 cm³/mol. The van der Waals surface area contributed by atoms with Crippen LogP contribution in [0.1, 0.15) is 38.1 Å². The van der Waals surface area contributed by atoms with Crippen LogP contribution in [0.2, 0.25) is 0 Å². The van der Waals surface area contributed by atoms with Crippen LogP contribution < -0.4 is 10.2 Å². The summed E-state index contributed by atoms with van der Waals surface area (Å²) < 4.78 is 0. The quantitative estimate of drug-likeness (QED) is 0.433. The summed E-state index contributed by atoms with van der Waals surface area (Å²) >= 11 is 0. The number of ketones is 1. The Morgan fingerprint density at radius 3 is 2.31 bits per heavy atom. The number of aliphatic imine (C=N–C) groups is 1. The van der Waals surface area contributed by atoms with Gasteiger partial charge in [-0.2, -0.15) is 0 Å². The smallest absolute Gasteiger partial charge is 0.278 e. The Bertz CT molecular complexity index is 925. The highest BCUT2D eigenvalue weighted by atomic mass is 16.2. The summed E-state index contributed by atoms with van der Waals surface area (Å²) in [5.74, 6) is -0.973. The van der Waals surface area contributed by atoms with Gasteiger partial charge in [0.2, 0.25) is 0 Å². The Labute approximate surface area is 171 Å². The lowest BCUT2D eigenvalue weighted by Crippen LogP contribution is -2.37. The van der Waals surface area contributed by atoms with Crippen LogP contribution in [0.25, 0.3) is 0 Å². The van der Waals surface area contributed by atoms with Gasteiger partial charge in [0.15, 0.2) is 11.5 Å². The topological polar surface area (TPSA) is 78.8 Å². The predicted octanol–water partition coefficient (Wildman–Crippen LogP) is 4.28. The van der Waals surface area contributed by atoms with E-state index in [9.17, 15) is 14.4 Å². The normalized spacial score (nSPS) is 11.7. The maximum absolute atomic E-state index is 12.9. The Morgan fingerprint density at radius 1 is 1.10 bits per heavy atom. The second-order valence-electron chi connectivity index (χ2n) is 7.77. The van der Waals surface area contributed by atoms with Crippen LogP contribution in [0.5, 0.6) is 0 Å². The van der Waals surface area contributed by atoms with Crippen LogP contribution in [0.15, 0.2) is 53.5 Å². The van der Waals surface area contributed by atoms with Crippen LogP contribution in [-0.4, -0.2) is 37.3 Å². The molecule has 0 aromatic heterocycles. The molecule has 0 spiro atoms. The molecule has 0 aliphatic rings. The molecule has 0 aliphatic carbocycles. The fourth-order valence-electron chi connectivity index (χ4n) is 2.53. The molecule has 6 nitrogen and oxygen atoms in total. The third-order valence-corrected chi connectivity index (χ3v) is 4.40. The molecule has 29 heavy (non-hydrogen) atoms. The van der Waals surface area contributed by atoms with Gasteiger partial charge in [0.05, 0.1) is 5.69 Å². The van der Waals surface area contributed by atoms with Gasteiger partial charge in [-0.05, 0) is 43.3 Å². The number of amides is 1. The molecule has 0 saturated heterocycles. The van der Waals surface area contributed by atoms with E-state index < -0.39 is 11.3 Å². The summed E-state index contributed by atoms with van der Waals surface area (Å²) in [6.07, 6.45) is 0.694. The number of Topliss-reactive ketones (excluding diaryl/α,β-unsaturated/α-hetero) is 1. The highest BCUT2D eigenvalue weighted by Gasteiger charge is 2.31. The van der Waals surface area contributed by atoms with Crippen molar-refractivity contribution in [3.05, 3.63) is 54.1 Å². The molecule has 0 atom stereocenters. The van der Waals surface area contributed by atoms with Crippen molar-refractivity contribution >= 4 is 40.8 Å². The number of carbonyl (C=O) groups excluding carboxylic acids is 3. The number of nitrogens with one attached hydrogen (secondary N) is 1. The van der Waals surface area contributed by atoms with Crippen molar-refractivity contribution in [3.8, 4) is 0 Å². The lowest BCUT2D eigenvalue weighted by atomic mass is 9.87. The van der Waals surface area contributed by atoms with Crippen LogP contribution >= 0.6 is 0 Å². The van der Waals surface area contributed by atoms with Crippen LogP contribution in [-0.2, 0) is 9.59 Å². The first kappa shape index (κ1) is 22.0. The van der Waals surface area contributed by atoms with E-state index in [0.717, 1.165) is 12.2 Å².